The fourth-order valence-electron chi connectivity index (χ4n) is 4.24. The molecule has 0 aliphatic rings. The molecule has 0 aliphatic heterocycles. The second-order valence-electron chi connectivity index (χ2n) is 8.20. The smallest absolute Gasteiger partial charge is 0.269 e. The monoisotopic (exact) mass is 490 g/mol. The van der Waals surface area contributed by atoms with Gasteiger partial charge in [0, 0.05) is 53.1 Å². The highest BCUT2D eigenvalue weighted by Crippen LogP contribution is 2.35. The standard InChI is InChI=1S/C26H25N3O5S/c1-2-18(19-3-7-23(8-4-19)29(31)32)12-14-28(35(33)34)26-16-21(20-5-9-24(30)10-6-20)15-22-17-27-13-11-25(22)26/h3-11,13,15-18,30H,2,12,14H2,1H3,(H,33,34)/p-1. The molecule has 35 heavy (non-hydrogen) atoms. The Morgan fingerprint density at radius 1 is 1.06 bits per heavy atom. The van der Waals surface area contributed by atoms with Crippen molar-refractivity contribution >= 4 is 33.4 Å². The molecule has 2 atom stereocenters. The van der Waals surface area contributed by atoms with E-state index in [0.29, 0.717) is 12.1 Å². The summed E-state index contributed by atoms with van der Waals surface area (Å²) < 4.78 is 26.1. The Bertz CT molecular complexity index is 1360. The lowest BCUT2D eigenvalue weighted by Gasteiger charge is -2.30. The summed E-state index contributed by atoms with van der Waals surface area (Å²) in [4.78, 5) is 14.7. The summed E-state index contributed by atoms with van der Waals surface area (Å²) in [5.74, 6) is 0.186. The minimum Gasteiger partial charge on any atom is -0.755 e. The van der Waals surface area contributed by atoms with Crippen LogP contribution >= 0.6 is 0 Å². The van der Waals surface area contributed by atoms with Crippen LogP contribution in [0.3, 0.4) is 0 Å². The maximum Gasteiger partial charge on any atom is 0.269 e. The molecule has 0 saturated carbocycles. The molecule has 2 unspecified atom stereocenters. The zero-order valence-electron chi connectivity index (χ0n) is 19.0. The third kappa shape index (κ3) is 5.47. The number of hydrogen-bond acceptors (Lipinski definition) is 6. The lowest BCUT2D eigenvalue weighted by molar-refractivity contribution is -0.384. The number of non-ortho nitro benzene ring substituents is 1. The van der Waals surface area contributed by atoms with Crippen molar-refractivity contribution < 1.29 is 18.8 Å². The lowest BCUT2D eigenvalue weighted by atomic mass is 9.93. The first-order chi connectivity index (χ1) is 16.9. The Balaban J connectivity index is 1.68. The van der Waals surface area contributed by atoms with Crippen LogP contribution in [0, 0.1) is 10.1 Å². The Hall–Kier alpha value is -3.82. The Morgan fingerprint density at radius 3 is 2.40 bits per heavy atom. The maximum atomic E-state index is 12.4. The van der Waals surface area contributed by atoms with Crippen molar-refractivity contribution in [2.24, 2.45) is 0 Å². The van der Waals surface area contributed by atoms with Crippen LogP contribution in [0.4, 0.5) is 11.4 Å². The summed E-state index contributed by atoms with van der Waals surface area (Å²) in [6.45, 7) is 2.25. The first-order valence-electron chi connectivity index (χ1n) is 11.2. The SMILES string of the molecule is CCC(CCN(c1cc(-c2ccc(O)cc2)cc2cnccc12)S(=O)[O-])c1ccc([N+](=O)[O-])cc1. The van der Waals surface area contributed by atoms with E-state index in [9.17, 15) is 24.0 Å². The summed E-state index contributed by atoms with van der Waals surface area (Å²) in [7, 11) is 0. The van der Waals surface area contributed by atoms with E-state index in [-0.39, 0.29) is 23.9 Å². The van der Waals surface area contributed by atoms with E-state index in [2.05, 4.69) is 4.98 Å². The Kier molecular flexibility index (Phi) is 7.38. The van der Waals surface area contributed by atoms with Crippen molar-refractivity contribution in [3.8, 4) is 16.9 Å². The second kappa shape index (κ2) is 10.6. The van der Waals surface area contributed by atoms with Crippen LogP contribution in [0.15, 0.2) is 79.1 Å². The van der Waals surface area contributed by atoms with Crippen molar-refractivity contribution in [2.75, 3.05) is 10.8 Å². The van der Waals surface area contributed by atoms with Gasteiger partial charge in [0.15, 0.2) is 0 Å². The molecule has 0 amide bonds. The fraction of sp³-hybridized carbons (Fsp3) is 0.192. The van der Waals surface area contributed by atoms with Gasteiger partial charge < -0.3 is 14.0 Å². The highest BCUT2D eigenvalue weighted by atomic mass is 32.2. The summed E-state index contributed by atoms with van der Waals surface area (Å²) in [5, 5.41) is 22.2. The van der Waals surface area contributed by atoms with Crippen molar-refractivity contribution in [1.29, 1.82) is 0 Å². The van der Waals surface area contributed by atoms with Gasteiger partial charge in [-0.3, -0.25) is 19.3 Å². The molecule has 1 aromatic heterocycles. The van der Waals surface area contributed by atoms with E-state index in [4.69, 9.17) is 0 Å². The van der Waals surface area contributed by atoms with Gasteiger partial charge in [0.05, 0.1) is 10.6 Å². The van der Waals surface area contributed by atoms with Crippen LogP contribution in [0.2, 0.25) is 0 Å². The predicted molar refractivity (Wildman–Crippen MR) is 136 cm³/mol. The molecule has 1 heterocycles. The predicted octanol–water partition coefficient (Wildman–Crippen LogP) is 5.70. The van der Waals surface area contributed by atoms with Gasteiger partial charge in [-0.05, 0) is 65.8 Å². The molecular weight excluding hydrogens is 466 g/mol. The number of hydrogen-bond donors (Lipinski definition) is 1. The Labute approximate surface area is 205 Å². The topological polar surface area (TPSA) is 120 Å². The van der Waals surface area contributed by atoms with Gasteiger partial charge in [0.2, 0.25) is 0 Å². The average Bonchev–Trinajstić information content (AvgIpc) is 2.86. The summed E-state index contributed by atoms with van der Waals surface area (Å²) in [6, 6.07) is 18.7. The minimum absolute atomic E-state index is 0.0250. The number of fused-ring (bicyclic) bond motifs is 1. The number of aromatic hydroxyl groups is 1. The first-order valence-corrected chi connectivity index (χ1v) is 12.2. The van der Waals surface area contributed by atoms with E-state index in [1.807, 2.05) is 19.1 Å². The summed E-state index contributed by atoms with van der Waals surface area (Å²) >= 11 is -2.53. The van der Waals surface area contributed by atoms with Crippen LogP contribution in [0.5, 0.6) is 5.75 Å². The largest absolute Gasteiger partial charge is 0.755 e. The quantitative estimate of drug-likeness (QED) is 0.183. The molecule has 0 spiro atoms. The lowest BCUT2D eigenvalue weighted by Crippen LogP contribution is -2.28. The Morgan fingerprint density at radius 2 is 1.77 bits per heavy atom. The normalized spacial score (nSPS) is 12.9. The zero-order chi connectivity index (χ0) is 24.9. The molecule has 4 rings (SSSR count). The average molecular weight is 491 g/mol. The molecule has 180 valence electrons. The van der Waals surface area contributed by atoms with Gasteiger partial charge in [0.25, 0.3) is 5.69 Å². The molecule has 4 aromatic rings. The van der Waals surface area contributed by atoms with Gasteiger partial charge >= 0.3 is 0 Å². The zero-order valence-corrected chi connectivity index (χ0v) is 19.9. The molecule has 0 bridgehead atoms. The second-order valence-corrected chi connectivity index (χ2v) is 9.08. The molecule has 9 heteroatoms. The van der Waals surface area contributed by atoms with Gasteiger partial charge in [-0.1, -0.05) is 31.2 Å². The van der Waals surface area contributed by atoms with Gasteiger partial charge in [-0.15, -0.1) is 0 Å². The van der Waals surface area contributed by atoms with E-state index in [1.54, 1.807) is 54.9 Å². The van der Waals surface area contributed by atoms with Crippen molar-refractivity contribution in [3.05, 3.63) is 94.8 Å². The molecule has 0 radical (unpaired) electrons. The van der Waals surface area contributed by atoms with E-state index in [1.165, 1.54) is 16.4 Å². The van der Waals surface area contributed by atoms with Crippen molar-refractivity contribution in [3.63, 3.8) is 0 Å². The van der Waals surface area contributed by atoms with Crippen LogP contribution in [-0.2, 0) is 11.3 Å². The number of phenolic OH excluding ortho intramolecular Hbond substituents is 1. The first kappa shape index (κ1) is 24.3. The van der Waals surface area contributed by atoms with E-state index in [0.717, 1.165) is 33.9 Å². The highest BCUT2D eigenvalue weighted by molar-refractivity contribution is 7.80. The van der Waals surface area contributed by atoms with Crippen LogP contribution in [0.25, 0.3) is 21.9 Å². The van der Waals surface area contributed by atoms with Gasteiger partial charge in [-0.2, -0.15) is 0 Å². The molecular formula is C26H24N3O5S-. The highest BCUT2D eigenvalue weighted by Gasteiger charge is 2.18. The molecule has 8 nitrogen and oxygen atoms in total. The fourth-order valence-corrected chi connectivity index (χ4v) is 4.81. The number of rotatable bonds is 9. The molecule has 0 fully saturated rings. The van der Waals surface area contributed by atoms with E-state index < -0.39 is 16.2 Å². The third-order valence-corrected chi connectivity index (χ3v) is 6.87. The van der Waals surface area contributed by atoms with Crippen LogP contribution < -0.4 is 4.31 Å². The number of aromatic nitrogens is 1. The van der Waals surface area contributed by atoms with Crippen LogP contribution in [-0.4, -0.2) is 30.3 Å². The molecule has 0 saturated heterocycles. The van der Waals surface area contributed by atoms with Crippen molar-refractivity contribution in [2.45, 2.75) is 25.7 Å². The number of phenols is 1. The van der Waals surface area contributed by atoms with Gasteiger partial charge in [-0.25, -0.2) is 0 Å². The molecule has 1 N–H and O–H groups in total. The number of nitro groups is 1. The summed E-state index contributed by atoms with van der Waals surface area (Å²) in [6.07, 6.45) is 4.62. The number of nitrogens with zero attached hydrogens (tertiary/aromatic N) is 3. The third-order valence-electron chi connectivity index (χ3n) is 6.13. The number of pyridine rings is 1. The number of nitro benzene ring substituents is 1. The number of anilines is 1. The molecule has 3 aromatic carbocycles. The summed E-state index contributed by atoms with van der Waals surface area (Å²) in [5.41, 5.74) is 3.14. The van der Waals surface area contributed by atoms with Gasteiger partial charge in [0.1, 0.15) is 5.75 Å². The maximum absolute atomic E-state index is 12.4. The number of benzene rings is 3. The van der Waals surface area contributed by atoms with Crippen LogP contribution in [0.1, 0.15) is 31.2 Å². The minimum atomic E-state index is -2.53. The molecule has 0 aliphatic carbocycles. The van der Waals surface area contributed by atoms with E-state index >= 15 is 0 Å². The van der Waals surface area contributed by atoms with Crippen molar-refractivity contribution in [1.82, 2.24) is 4.98 Å².